The number of rotatable bonds is 7. The molecule has 0 rings (SSSR count). The van der Waals surface area contributed by atoms with Crippen molar-refractivity contribution in [3.05, 3.63) is 0 Å². The quantitative estimate of drug-likeness (QED) is 0.401. The molecule has 0 bridgehead atoms. The van der Waals surface area contributed by atoms with Crippen molar-refractivity contribution in [3.63, 3.8) is 0 Å². The van der Waals surface area contributed by atoms with Gasteiger partial charge in [0.15, 0.2) is 0 Å². The summed E-state index contributed by atoms with van der Waals surface area (Å²) in [6, 6.07) is 0. The highest BCUT2D eigenvalue weighted by Gasteiger charge is 2.01. The zero-order chi connectivity index (χ0) is 9.40. The summed E-state index contributed by atoms with van der Waals surface area (Å²) in [6.07, 6.45) is 7.08. The van der Waals surface area contributed by atoms with E-state index in [0.717, 1.165) is 11.8 Å². The van der Waals surface area contributed by atoms with Gasteiger partial charge in [0.1, 0.15) is 7.28 Å². The highest BCUT2D eigenvalue weighted by Crippen LogP contribution is 2.13. The van der Waals surface area contributed by atoms with Crippen molar-refractivity contribution in [1.29, 1.82) is 0 Å². The SMILES string of the molecule is CCCC(C)CCBCC(C)C. The zero-order valence-corrected chi connectivity index (χ0v) is 9.40. The summed E-state index contributed by atoms with van der Waals surface area (Å²) >= 11 is 0. The van der Waals surface area contributed by atoms with Crippen molar-refractivity contribution in [2.45, 2.75) is 59.6 Å². The van der Waals surface area contributed by atoms with E-state index in [1.807, 2.05) is 0 Å². The molecule has 0 nitrogen and oxygen atoms in total. The topological polar surface area (TPSA) is 0 Å². The molecule has 0 aliphatic rings. The monoisotopic (exact) mass is 168 g/mol. The van der Waals surface area contributed by atoms with Crippen LogP contribution >= 0.6 is 0 Å². The van der Waals surface area contributed by atoms with Crippen molar-refractivity contribution >= 4 is 7.28 Å². The summed E-state index contributed by atoms with van der Waals surface area (Å²) in [5.41, 5.74) is 0. The molecular formula is C11H25B. The Morgan fingerprint density at radius 2 is 1.75 bits per heavy atom. The first-order chi connectivity index (χ1) is 5.66. The second-order valence-electron chi connectivity index (χ2n) is 4.57. The van der Waals surface area contributed by atoms with Crippen LogP contribution in [0.3, 0.4) is 0 Å². The molecular weight excluding hydrogens is 143 g/mol. The molecule has 12 heavy (non-hydrogen) atoms. The van der Waals surface area contributed by atoms with Crippen LogP contribution in [-0.4, -0.2) is 7.28 Å². The Balaban J connectivity index is 3.08. The van der Waals surface area contributed by atoms with Crippen LogP contribution in [0.4, 0.5) is 0 Å². The molecule has 0 heterocycles. The fraction of sp³-hybridized carbons (Fsp3) is 1.00. The first kappa shape index (κ1) is 12.1. The van der Waals surface area contributed by atoms with Crippen LogP contribution in [0.5, 0.6) is 0 Å². The Bertz CT molecular complexity index is 89.0. The molecule has 0 amide bonds. The fourth-order valence-corrected chi connectivity index (χ4v) is 1.68. The molecule has 0 N–H and O–H groups in total. The standard InChI is InChI=1S/C11H25B/c1-5-6-11(4)7-8-12-9-10(2)3/h10-12H,5-9H2,1-4H3. The third kappa shape index (κ3) is 8.16. The molecule has 0 aromatic rings. The Labute approximate surface area is 79.4 Å². The predicted octanol–water partition coefficient (Wildman–Crippen LogP) is 3.74. The highest BCUT2D eigenvalue weighted by atomic mass is 14.0. The summed E-state index contributed by atoms with van der Waals surface area (Å²) in [4.78, 5) is 0. The van der Waals surface area contributed by atoms with Gasteiger partial charge in [0.2, 0.25) is 0 Å². The van der Waals surface area contributed by atoms with Gasteiger partial charge in [0.05, 0.1) is 0 Å². The molecule has 0 fully saturated rings. The van der Waals surface area contributed by atoms with E-state index in [4.69, 9.17) is 0 Å². The summed E-state index contributed by atoms with van der Waals surface area (Å²) in [7, 11) is 1.44. The molecule has 0 radical (unpaired) electrons. The highest BCUT2D eigenvalue weighted by molar-refractivity contribution is 6.35. The molecule has 1 heteroatoms. The number of hydrogen-bond donors (Lipinski definition) is 0. The van der Waals surface area contributed by atoms with Gasteiger partial charge < -0.3 is 0 Å². The Hall–Kier alpha value is 0.0649. The van der Waals surface area contributed by atoms with Crippen molar-refractivity contribution in [1.82, 2.24) is 0 Å². The largest absolute Gasteiger partial charge is 0.120 e. The molecule has 72 valence electrons. The maximum Gasteiger partial charge on any atom is 0.120 e. The van der Waals surface area contributed by atoms with E-state index < -0.39 is 0 Å². The molecule has 0 saturated carbocycles. The van der Waals surface area contributed by atoms with E-state index in [1.54, 1.807) is 0 Å². The molecule has 0 spiro atoms. The van der Waals surface area contributed by atoms with Gasteiger partial charge in [-0.1, -0.05) is 65.5 Å². The third-order valence-corrected chi connectivity index (χ3v) is 2.51. The molecule has 0 aliphatic heterocycles. The van der Waals surface area contributed by atoms with Crippen molar-refractivity contribution in [2.75, 3.05) is 0 Å². The molecule has 0 aromatic carbocycles. The summed E-state index contributed by atoms with van der Waals surface area (Å²) < 4.78 is 0. The van der Waals surface area contributed by atoms with Gasteiger partial charge in [-0.05, 0) is 5.92 Å². The Morgan fingerprint density at radius 3 is 2.25 bits per heavy atom. The van der Waals surface area contributed by atoms with Crippen LogP contribution < -0.4 is 0 Å². The second-order valence-corrected chi connectivity index (χ2v) is 4.57. The summed E-state index contributed by atoms with van der Waals surface area (Å²) in [6.45, 7) is 9.30. The lowest BCUT2D eigenvalue weighted by molar-refractivity contribution is 0.507. The maximum absolute atomic E-state index is 2.39. The van der Waals surface area contributed by atoms with E-state index in [0.29, 0.717) is 0 Å². The second kappa shape index (κ2) is 7.70. The zero-order valence-electron chi connectivity index (χ0n) is 9.40. The average Bonchev–Trinajstić information content (AvgIpc) is 1.98. The van der Waals surface area contributed by atoms with Gasteiger partial charge in [-0.3, -0.25) is 0 Å². The predicted molar refractivity (Wildman–Crippen MR) is 60.3 cm³/mol. The van der Waals surface area contributed by atoms with Crippen LogP contribution in [0, 0.1) is 11.8 Å². The van der Waals surface area contributed by atoms with E-state index in [1.165, 1.54) is 39.2 Å². The van der Waals surface area contributed by atoms with E-state index in [-0.39, 0.29) is 0 Å². The first-order valence-electron chi connectivity index (χ1n) is 5.66. The van der Waals surface area contributed by atoms with Gasteiger partial charge in [0, 0.05) is 0 Å². The smallest absolute Gasteiger partial charge is 0.0772 e. The molecule has 1 atom stereocenters. The summed E-state index contributed by atoms with van der Waals surface area (Å²) in [5.74, 6) is 1.86. The molecule has 0 saturated heterocycles. The minimum Gasteiger partial charge on any atom is -0.0772 e. The van der Waals surface area contributed by atoms with E-state index >= 15 is 0 Å². The lowest BCUT2D eigenvalue weighted by Crippen LogP contribution is -1.99. The van der Waals surface area contributed by atoms with Crippen molar-refractivity contribution in [2.24, 2.45) is 11.8 Å². The van der Waals surface area contributed by atoms with Crippen LogP contribution in [0.15, 0.2) is 0 Å². The Morgan fingerprint density at radius 1 is 1.08 bits per heavy atom. The van der Waals surface area contributed by atoms with Crippen molar-refractivity contribution < 1.29 is 0 Å². The molecule has 0 aromatic heterocycles. The van der Waals surface area contributed by atoms with Gasteiger partial charge in [-0.2, -0.15) is 0 Å². The third-order valence-electron chi connectivity index (χ3n) is 2.51. The lowest BCUT2D eigenvalue weighted by Gasteiger charge is -2.09. The van der Waals surface area contributed by atoms with E-state index in [2.05, 4.69) is 27.7 Å². The minimum absolute atomic E-state index is 0.895. The normalized spacial score (nSPS) is 13.4. The fourth-order valence-electron chi connectivity index (χ4n) is 1.68. The van der Waals surface area contributed by atoms with Gasteiger partial charge in [0.25, 0.3) is 0 Å². The van der Waals surface area contributed by atoms with Gasteiger partial charge in [-0.25, -0.2) is 0 Å². The van der Waals surface area contributed by atoms with Crippen LogP contribution in [0.2, 0.25) is 12.6 Å². The number of hydrogen-bond acceptors (Lipinski definition) is 0. The minimum atomic E-state index is 0.895. The van der Waals surface area contributed by atoms with E-state index in [9.17, 15) is 0 Å². The molecule has 1 unspecified atom stereocenters. The van der Waals surface area contributed by atoms with Crippen molar-refractivity contribution in [3.8, 4) is 0 Å². The van der Waals surface area contributed by atoms with Gasteiger partial charge >= 0.3 is 0 Å². The Kier molecular flexibility index (Phi) is 7.74. The van der Waals surface area contributed by atoms with Gasteiger partial charge in [-0.15, -0.1) is 0 Å². The van der Waals surface area contributed by atoms with Crippen LogP contribution in [0.25, 0.3) is 0 Å². The van der Waals surface area contributed by atoms with Crippen LogP contribution in [0.1, 0.15) is 47.0 Å². The first-order valence-corrected chi connectivity index (χ1v) is 5.66. The lowest BCUT2D eigenvalue weighted by atomic mass is 9.65. The molecule has 0 aliphatic carbocycles. The average molecular weight is 168 g/mol. The summed E-state index contributed by atoms with van der Waals surface area (Å²) in [5, 5.41) is 0. The maximum atomic E-state index is 2.39. The van der Waals surface area contributed by atoms with Crippen LogP contribution in [-0.2, 0) is 0 Å².